The van der Waals surface area contributed by atoms with Crippen LogP contribution in [-0.4, -0.2) is 49.9 Å². The number of ether oxygens (including phenoxy) is 2. The number of allylic oxidation sites excluding steroid dienone is 6. The molecule has 8 nitrogen and oxygen atoms in total. The number of hydrogen-bond donors (Lipinski definition) is 2. The van der Waals surface area contributed by atoms with Crippen molar-refractivity contribution in [2.75, 3.05) is 33.0 Å². The summed E-state index contributed by atoms with van der Waals surface area (Å²) in [6.07, 6.45) is 24.5. The average Bonchev–Trinajstić information content (AvgIpc) is 2.85. The van der Waals surface area contributed by atoms with E-state index in [4.69, 9.17) is 24.3 Å². The van der Waals surface area contributed by atoms with Crippen molar-refractivity contribution in [1.29, 1.82) is 0 Å². The second kappa shape index (κ2) is 25.4. The maximum Gasteiger partial charge on any atom is 0.472 e. The van der Waals surface area contributed by atoms with Crippen molar-refractivity contribution in [2.24, 2.45) is 5.73 Å². The van der Waals surface area contributed by atoms with Gasteiger partial charge in [0.1, 0.15) is 6.10 Å². The smallest absolute Gasteiger partial charge is 0.457 e. The fourth-order valence-electron chi connectivity index (χ4n) is 3.16. The Hall–Kier alpha value is -1.28. The lowest BCUT2D eigenvalue weighted by atomic mass is 10.1. The standard InChI is InChI=1S/C27H50NO7P/c1-3-5-6-7-8-9-10-11-12-13-14-15-16-17-18-19-22-32-24-26(35-27(29)20-4-2)25-34-36(30,31)33-23-21-28/h5-6,8-9,11-12,26H,3-4,7,10,13-25,28H2,1-2H3,(H,30,31)/b6-5-,9-8-,12-11-. The Kier molecular flexibility index (Phi) is 24.5. The molecule has 0 spiro atoms. The molecular weight excluding hydrogens is 481 g/mol. The molecule has 0 bridgehead atoms. The van der Waals surface area contributed by atoms with E-state index in [1.165, 1.54) is 19.3 Å². The van der Waals surface area contributed by atoms with Crippen molar-refractivity contribution in [3.05, 3.63) is 36.5 Å². The third kappa shape index (κ3) is 24.4. The average molecular weight is 532 g/mol. The first kappa shape index (κ1) is 34.7. The van der Waals surface area contributed by atoms with E-state index < -0.39 is 19.9 Å². The van der Waals surface area contributed by atoms with Gasteiger partial charge in [-0.3, -0.25) is 13.8 Å². The molecule has 0 aliphatic heterocycles. The molecule has 9 heteroatoms. The SMILES string of the molecule is CC/C=C\C/C=C\C/C=C\CCCCCCCCOCC(COP(=O)(O)OCCN)OC(=O)CCC. The van der Waals surface area contributed by atoms with Crippen LogP contribution in [0.15, 0.2) is 36.5 Å². The van der Waals surface area contributed by atoms with Gasteiger partial charge in [0.2, 0.25) is 0 Å². The summed E-state index contributed by atoms with van der Waals surface area (Å²) in [5.41, 5.74) is 5.26. The van der Waals surface area contributed by atoms with Gasteiger partial charge in [-0.1, -0.05) is 76.0 Å². The highest BCUT2D eigenvalue weighted by atomic mass is 31.2. The lowest BCUT2D eigenvalue weighted by molar-refractivity contribution is -0.154. The minimum absolute atomic E-state index is 0.0957. The van der Waals surface area contributed by atoms with Gasteiger partial charge in [0.15, 0.2) is 0 Å². The minimum atomic E-state index is -4.24. The Morgan fingerprint density at radius 1 is 0.861 bits per heavy atom. The molecule has 0 aromatic rings. The van der Waals surface area contributed by atoms with E-state index >= 15 is 0 Å². The van der Waals surface area contributed by atoms with Crippen LogP contribution in [0.1, 0.15) is 90.9 Å². The monoisotopic (exact) mass is 531 g/mol. The number of phosphoric ester groups is 1. The molecule has 2 atom stereocenters. The van der Waals surface area contributed by atoms with E-state index in [0.29, 0.717) is 13.0 Å². The number of carbonyl (C=O) groups is 1. The van der Waals surface area contributed by atoms with Gasteiger partial charge in [0, 0.05) is 19.6 Å². The highest BCUT2D eigenvalue weighted by Gasteiger charge is 2.24. The quantitative estimate of drug-likeness (QED) is 0.0602. The van der Waals surface area contributed by atoms with Crippen LogP contribution in [0.4, 0.5) is 0 Å². The van der Waals surface area contributed by atoms with Crippen LogP contribution < -0.4 is 5.73 Å². The highest BCUT2D eigenvalue weighted by molar-refractivity contribution is 7.47. The molecule has 0 aromatic carbocycles. The molecule has 36 heavy (non-hydrogen) atoms. The van der Waals surface area contributed by atoms with E-state index in [1.807, 2.05) is 6.92 Å². The zero-order valence-corrected chi connectivity index (χ0v) is 23.4. The summed E-state index contributed by atoms with van der Waals surface area (Å²) in [4.78, 5) is 21.4. The van der Waals surface area contributed by atoms with Crippen molar-refractivity contribution < 1.29 is 32.8 Å². The number of nitrogens with two attached hydrogens (primary N) is 1. The molecular formula is C27H50NO7P. The summed E-state index contributed by atoms with van der Waals surface area (Å²) in [5.74, 6) is -0.392. The van der Waals surface area contributed by atoms with Crippen LogP contribution in [0, 0.1) is 0 Å². The number of carbonyl (C=O) groups excluding carboxylic acids is 1. The molecule has 0 amide bonds. The largest absolute Gasteiger partial charge is 0.472 e. The van der Waals surface area contributed by atoms with E-state index in [1.54, 1.807) is 0 Å². The second-order valence-corrected chi connectivity index (χ2v) is 9.98. The molecule has 0 aliphatic rings. The van der Waals surface area contributed by atoms with Gasteiger partial charge in [-0.15, -0.1) is 0 Å². The van der Waals surface area contributed by atoms with Gasteiger partial charge in [-0.25, -0.2) is 4.57 Å². The first-order valence-electron chi connectivity index (χ1n) is 13.5. The molecule has 0 saturated carbocycles. The lowest BCUT2D eigenvalue weighted by Crippen LogP contribution is -2.28. The zero-order valence-electron chi connectivity index (χ0n) is 22.5. The van der Waals surface area contributed by atoms with Gasteiger partial charge in [0.25, 0.3) is 0 Å². The van der Waals surface area contributed by atoms with E-state index in [2.05, 4.69) is 43.4 Å². The Bertz CT molecular complexity index is 652. The lowest BCUT2D eigenvalue weighted by Gasteiger charge is -2.19. The summed E-state index contributed by atoms with van der Waals surface area (Å²) >= 11 is 0. The third-order valence-electron chi connectivity index (χ3n) is 5.04. The van der Waals surface area contributed by atoms with Gasteiger partial charge >= 0.3 is 13.8 Å². The molecule has 0 fully saturated rings. The molecule has 0 aliphatic carbocycles. The number of hydrogen-bond acceptors (Lipinski definition) is 7. The summed E-state index contributed by atoms with van der Waals surface area (Å²) in [5, 5.41) is 0. The van der Waals surface area contributed by atoms with Crippen molar-refractivity contribution >= 4 is 13.8 Å². The summed E-state index contributed by atoms with van der Waals surface area (Å²) in [6.45, 7) is 4.36. The second-order valence-electron chi connectivity index (χ2n) is 8.53. The minimum Gasteiger partial charge on any atom is -0.457 e. The van der Waals surface area contributed by atoms with E-state index in [-0.39, 0.29) is 32.8 Å². The Morgan fingerprint density at radius 2 is 1.50 bits per heavy atom. The van der Waals surface area contributed by atoms with Crippen molar-refractivity contribution in [3.63, 3.8) is 0 Å². The van der Waals surface area contributed by atoms with E-state index in [9.17, 15) is 14.3 Å². The molecule has 2 unspecified atom stereocenters. The van der Waals surface area contributed by atoms with Crippen LogP contribution in [0.3, 0.4) is 0 Å². The summed E-state index contributed by atoms with van der Waals surface area (Å²) in [7, 11) is -4.24. The van der Waals surface area contributed by atoms with Crippen molar-refractivity contribution in [1.82, 2.24) is 0 Å². The zero-order chi connectivity index (χ0) is 26.7. The Labute approximate surface area is 218 Å². The molecule has 0 aromatic heterocycles. The number of esters is 1. The molecule has 0 rings (SSSR count). The molecule has 3 N–H and O–H groups in total. The van der Waals surface area contributed by atoms with Crippen LogP contribution >= 0.6 is 7.82 Å². The van der Waals surface area contributed by atoms with Crippen molar-refractivity contribution in [2.45, 2.75) is 97.0 Å². The molecule has 0 radical (unpaired) electrons. The van der Waals surface area contributed by atoms with Gasteiger partial charge in [0.05, 0.1) is 19.8 Å². The highest BCUT2D eigenvalue weighted by Crippen LogP contribution is 2.43. The normalized spacial score (nSPS) is 14.7. The van der Waals surface area contributed by atoms with Crippen LogP contribution in [0.5, 0.6) is 0 Å². The number of phosphoric acid groups is 1. The number of rotatable bonds is 25. The first-order valence-corrected chi connectivity index (χ1v) is 15.0. The van der Waals surface area contributed by atoms with Crippen molar-refractivity contribution in [3.8, 4) is 0 Å². The van der Waals surface area contributed by atoms with Crippen LogP contribution in [0.2, 0.25) is 0 Å². The first-order chi connectivity index (χ1) is 17.4. The van der Waals surface area contributed by atoms with Gasteiger partial charge in [-0.2, -0.15) is 0 Å². The van der Waals surface area contributed by atoms with Gasteiger partial charge in [-0.05, 0) is 44.9 Å². The molecule has 0 heterocycles. The maximum atomic E-state index is 11.8. The summed E-state index contributed by atoms with van der Waals surface area (Å²) < 4.78 is 32.4. The third-order valence-corrected chi connectivity index (χ3v) is 6.03. The fraction of sp³-hybridized carbons (Fsp3) is 0.741. The van der Waals surface area contributed by atoms with Crippen LogP contribution in [0.25, 0.3) is 0 Å². The fourth-order valence-corrected chi connectivity index (χ4v) is 3.93. The van der Waals surface area contributed by atoms with Crippen LogP contribution in [-0.2, 0) is 27.9 Å². The predicted molar refractivity (Wildman–Crippen MR) is 146 cm³/mol. The topological polar surface area (TPSA) is 117 Å². The Balaban J connectivity index is 3.88. The van der Waals surface area contributed by atoms with E-state index in [0.717, 1.165) is 44.9 Å². The Morgan fingerprint density at radius 3 is 2.17 bits per heavy atom. The predicted octanol–water partition coefficient (Wildman–Crippen LogP) is 6.40. The molecule has 210 valence electrons. The maximum absolute atomic E-state index is 11.8. The number of unbranched alkanes of at least 4 members (excludes halogenated alkanes) is 6. The summed E-state index contributed by atoms with van der Waals surface area (Å²) in [6, 6.07) is 0. The van der Waals surface area contributed by atoms with Gasteiger partial charge < -0.3 is 20.1 Å². The molecule has 0 saturated heterocycles.